The number of hydrogen-bond acceptors (Lipinski definition) is 2. The molecule has 2 aromatic rings. The molecule has 3 N–H and O–H groups in total. The number of pyridine rings is 1. The number of nitrogens with two attached hydrogens (primary N) is 1. The van der Waals surface area contributed by atoms with Gasteiger partial charge in [0.05, 0.1) is 6.54 Å². The van der Waals surface area contributed by atoms with Crippen LogP contribution >= 0.6 is 35.6 Å². The molecular formula is C18H23ClFIN4. The van der Waals surface area contributed by atoms with Gasteiger partial charge in [0.15, 0.2) is 5.96 Å². The van der Waals surface area contributed by atoms with Crippen molar-refractivity contribution in [1.29, 1.82) is 0 Å². The number of guanidine groups is 1. The van der Waals surface area contributed by atoms with Crippen LogP contribution in [-0.4, -0.2) is 24.0 Å². The first kappa shape index (κ1) is 21.6. The van der Waals surface area contributed by atoms with E-state index in [4.69, 9.17) is 17.3 Å². The maximum absolute atomic E-state index is 13.2. The second-order valence-electron chi connectivity index (χ2n) is 6.21. The first-order chi connectivity index (χ1) is 11.4. The third-order valence-corrected chi connectivity index (χ3v) is 4.03. The van der Waals surface area contributed by atoms with E-state index in [9.17, 15) is 4.39 Å². The fourth-order valence-corrected chi connectivity index (χ4v) is 2.75. The summed E-state index contributed by atoms with van der Waals surface area (Å²) in [6.45, 7) is 5.10. The Kier molecular flexibility index (Phi) is 8.58. The van der Waals surface area contributed by atoms with Crippen LogP contribution in [0.2, 0.25) is 5.02 Å². The van der Waals surface area contributed by atoms with Crippen LogP contribution in [0.25, 0.3) is 0 Å². The molecule has 136 valence electrons. The maximum Gasteiger partial charge on any atom is 0.188 e. The molecule has 4 nitrogen and oxygen atoms in total. The van der Waals surface area contributed by atoms with E-state index in [1.54, 1.807) is 12.3 Å². The molecule has 0 aliphatic rings. The van der Waals surface area contributed by atoms with Gasteiger partial charge in [-0.25, -0.2) is 4.39 Å². The number of nitrogens with one attached hydrogen (secondary N) is 1. The third-order valence-electron chi connectivity index (χ3n) is 3.72. The average Bonchev–Trinajstić information content (AvgIpc) is 2.54. The van der Waals surface area contributed by atoms with Crippen molar-refractivity contribution in [2.45, 2.75) is 25.7 Å². The number of aromatic nitrogens is 1. The van der Waals surface area contributed by atoms with Gasteiger partial charge in [-0.1, -0.05) is 37.6 Å². The summed E-state index contributed by atoms with van der Waals surface area (Å²) in [4.78, 5) is 8.63. The van der Waals surface area contributed by atoms with Crippen LogP contribution in [0.15, 0.2) is 47.6 Å². The van der Waals surface area contributed by atoms with Gasteiger partial charge >= 0.3 is 0 Å². The molecular weight excluding hydrogens is 454 g/mol. The molecule has 1 aromatic heterocycles. The lowest BCUT2D eigenvalue weighted by atomic mass is 9.84. The molecule has 0 bridgehead atoms. The summed E-state index contributed by atoms with van der Waals surface area (Å²) < 4.78 is 13.2. The van der Waals surface area contributed by atoms with E-state index in [0.717, 1.165) is 17.7 Å². The van der Waals surface area contributed by atoms with Crippen LogP contribution < -0.4 is 11.1 Å². The zero-order valence-corrected chi connectivity index (χ0v) is 17.4. The Morgan fingerprint density at radius 2 is 2.08 bits per heavy atom. The minimum atomic E-state index is -0.349. The highest BCUT2D eigenvalue weighted by molar-refractivity contribution is 14.0. The minimum Gasteiger partial charge on any atom is -0.370 e. The lowest BCUT2D eigenvalue weighted by Gasteiger charge is -2.24. The largest absolute Gasteiger partial charge is 0.370 e. The van der Waals surface area contributed by atoms with Gasteiger partial charge in [-0.2, -0.15) is 0 Å². The zero-order valence-electron chi connectivity index (χ0n) is 14.3. The van der Waals surface area contributed by atoms with Gasteiger partial charge in [-0.05, 0) is 29.8 Å². The van der Waals surface area contributed by atoms with Crippen molar-refractivity contribution in [2.75, 3.05) is 13.1 Å². The fraction of sp³-hybridized carbons (Fsp3) is 0.333. The smallest absolute Gasteiger partial charge is 0.188 e. The number of hydrogen-bond donors (Lipinski definition) is 2. The average molecular weight is 477 g/mol. The van der Waals surface area contributed by atoms with Gasteiger partial charge in [0.25, 0.3) is 0 Å². The zero-order chi connectivity index (χ0) is 17.6. The minimum absolute atomic E-state index is 0. The Bertz CT molecular complexity index is 707. The molecule has 0 radical (unpaired) electrons. The highest BCUT2D eigenvalue weighted by Crippen LogP contribution is 2.30. The highest BCUT2D eigenvalue weighted by atomic mass is 127. The maximum atomic E-state index is 13.2. The predicted octanol–water partition coefficient (Wildman–Crippen LogP) is 3.92. The van der Waals surface area contributed by atoms with Crippen LogP contribution in [0.1, 0.15) is 25.1 Å². The lowest BCUT2D eigenvalue weighted by Crippen LogP contribution is -2.35. The van der Waals surface area contributed by atoms with Crippen LogP contribution in [0.5, 0.6) is 0 Å². The van der Waals surface area contributed by atoms with Gasteiger partial charge in [-0.3, -0.25) is 9.98 Å². The molecule has 1 heterocycles. The molecule has 0 atom stereocenters. The van der Waals surface area contributed by atoms with E-state index >= 15 is 0 Å². The van der Waals surface area contributed by atoms with E-state index in [0.29, 0.717) is 24.1 Å². The van der Waals surface area contributed by atoms with Crippen molar-refractivity contribution < 1.29 is 4.39 Å². The third kappa shape index (κ3) is 6.78. The summed E-state index contributed by atoms with van der Waals surface area (Å²) in [5, 5.41) is 3.47. The highest BCUT2D eigenvalue weighted by Gasteiger charge is 2.23. The Hall–Kier alpha value is -1.41. The molecule has 0 aliphatic carbocycles. The first-order valence-electron chi connectivity index (χ1n) is 7.78. The topological polar surface area (TPSA) is 63.3 Å². The normalized spacial score (nSPS) is 11.8. The fourth-order valence-electron chi connectivity index (χ4n) is 2.33. The van der Waals surface area contributed by atoms with Gasteiger partial charge in [0.1, 0.15) is 5.82 Å². The molecule has 0 aliphatic heterocycles. The monoisotopic (exact) mass is 476 g/mol. The summed E-state index contributed by atoms with van der Waals surface area (Å²) in [6.07, 6.45) is 2.53. The summed E-state index contributed by atoms with van der Waals surface area (Å²) >= 11 is 6.14. The molecule has 2 rings (SSSR count). The van der Waals surface area contributed by atoms with Gasteiger partial charge < -0.3 is 11.1 Å². The molecule has 1 aromatic carbocycles. The summed E-state index contributed by atoms with van der Waals surface area (Å²) in [7, 11) is 0. The van der Waals surface area contributed by atoms with E-state index in [1.807, 2.05) is 32.0 Å². The molecule has 25 heavy (non-hydrogen) atoms. The molecule has 0 unspecified atom stereocenters. The van der Waals surface area contributed by atoms with Crippen molar-refractivity contribution >= 4 is 41.5 Å². The summed E-state index contributed by atoms with van der Waals surface area (Å²) in [5.41, 5.74) is 7.40. The van der Waals surface area contributed by atoms with E-state index in [-0.39, 0.29) is 35.2 Å². The Morgan fingerprint density at radius 1 is 1.32 bits per heavy atom. The van der Waals surface area contributed by atoms with Gasteiger partial charge in [0, 0.05) is 35.3 Å². The predicted molar refractivity (Wildman–Crippen MR) is 112 cm³/mol. The molecule has 0 amide bonds. The second kappa shape index (κ2) is 9.91. The molecule has 0 spiro atoms. The molecule has 0 saturated carbocycles. The molecule has 7 heteroatoms. The van der Waals surface area contributed by atoms with Crippen molar-refractivity contribution in [3.63, 3.8) is 0 Å². The van der Waals surface area contributed by atoms with Crippen molar-refractivity contribution in [2.24, 2.45) is 10.7 Å². The Labute approximate surface area is 170 Å². The van der Waals surface area contributed by atoms with E-state index < -0.39 is 0 Å². The quantitative estimate of drug-likeness (QED) is 0.377. The number of benzene rings is 1. The standard InChI is InChI=1S/C18H22ClFN4.HI/c1-18(2,15-7-6-13(20)11-16(15)19)12-24-17(21)23-10-8-14-5-3-4-9-22-14;/h3-7,9,11H,8,10,12H2,1-2H3,(H3,21,23,24);1H. The van der Waals surface area contributed by atoms with Crippen LogP contribution in [-0.2, 0) is 11.8 Å². The number of rotatable bonds is 6. The van der Waals surface area contributed by atoms with Crippen LogP contribution in [0, 0.1) is 5.82 Å². The van der Waals surface area contributed by atoms with E-state index in [1.165, 1.54) is 12.1 Å². The SMILES string of the molecule is CC(C)(CN=C(N)NCCc1ccccn1)c1ccc(F)cc1Cl.I. The van der Waals surface area contributed by atoms with Crippen molar-refractivity contribution in [1.82, 2.24) is 10.3 Å². The van der Waals surface area contributed by atoms with Crippen molar-refractivity contribution in [3.05, 3.63) is 64.7 Å². The van der Waals surface area contributed by atoms with Crippen LogP contribution in [0.4, 0.5) is 4.39 Å². The van der Waals surface area contributed by atoms with Crippen LogP contribution in [0.3, 0.4) is 0 Å². The summed E-state index contributed by atoms with van der Waals surface area (Å²) in [5.74, 6) is 0.0241. The second-order valence-corrected chi connectivity index (χ2v) is 6.61. The number of halogens is 3. The van der Waals surface area contributed by atoms with Gasteiger partial charge in [-0.15, -0.1) is 24.0 Å². The summed E-state index contributed by atoms with van der Waals surface area (Å²) in [6, 6.07) is 10.2. The van der Waals surface area contributed by atoms with Crippen molar-refractivity contribution in [3.8, 4) is 0 Å². The number of aliphatic imine (C=N–C) groups is 1. The Balaban J connectivity index is 0.00000312. The first-order valence-corrected chi connectivity index (χ1v) is 8.15. The molecule has 0 fully saturated rings. The number of nitrogens with zero attached hydrogens (tertiary/aromatic N) is 2. The Morgan fingerprint density at radius 3 is 2.72 bits per heavy atom. The van der Waals surface area contributed by atoms with E-state index in [2.05, 4.69) is 15.3 Å². The lowest BCUT2D eigenvalue weighted by molar-refractivity contribution is 0.536. The van der Waals surface area contributed by atoms with Gasteiger partial charge in [0.2, 0.25) is 0 Å². The molecule has 0 saturated heterocycles.